The van der Waals surface area contributed by atoms with Gasteiger partial charge < -0.3 is 15.2 Å². The second-order valence-corrected chi connectivity index (χ2v) is 6.10. The smallest absolute Gasteiger partial charge is 0.191 e. The Balaban J connectivity index is 1.66. The minimum atomic E-state index is -0.291. The SMILES string of the molecule is CC1CCN(C(N)=NCc2ccc(-n3ccnc3)c(F)c2)CC1. The van der Waals surface area contributed by atoms with E-state index in [9.17, 15) is 4.39 Å². The standard InChI is InChI=1S/C17H22FN5/c1-13-4-7-22(8-5-13)17(19)21-11-14-2-3-16(15(18)10-14)23-9-6-20-12-23/h2-3,6,9-10,12-13H,4-5,7-8,11H2,1H3,(H2,19,21). The number of hydrogen-bond acceptors (Lipinski definition) is 2. The van der Waals surface area contributed by atoms with Gasteiger partial charge in [0.15, 0.2) is 5.96 Å². The van der Waals surface area contributed by atoms with Crippen LogP contribution in [0.2, 0.25) is 0 Å². The molecule has 6 heteroatoms. The van der Waals surface area contributed by atoms with Crippen molar-refractivity contribution < 1.29 is 4.39 Å². The minimum absolute atomic E-state index is 0.291. The van der Waals surface area contributed by atoms with Crippen LogP contribution in [0.4, 0.5) is 4.39 Å². The average Bonchev–Trinajstić information content (AvgIpc) is 3.07. The van der Waals surface area contributed by atoms with E-state index in [1.807, 2.05) is 6.07 Å². The summed E-state index contributed by atoms with van der Waals surface area (Å²) in [6, 6.07) is 5.11. The summed E-state index contributed by atoms with van der Waals surface area (Å²) in [4.78, 5) is 10.4. The lowest BCUT2D eigenvalue weighted by molar-refractivity contribution is 0.277. The number of rotatable bonds is 3. The van der Waals surface area contributed by atoms with Crippen molar-refractivity contribution in [2.75, 3.05) is 13.1 Å². The Bertz CT molecular complexity index is 672. The zero-order valence-corrected chi connectivity index (χ0v) is 13.3. The number of nitrogens with two attached hydrogens (primary N) is 1. The first-order valence-corrected chi connectivity index (χ1v) is 7.95. The first-order chi connectivity index (χ1) is 11.1. The zero-order chi connectivity index (χ0) is 16.2. The molecule has 122 valence electrons. The maximum Gasteiger partial charge on any atom is 0.191 e. The van der Waals surface area contributed by atoms with Crippen molar-refractivity contribution >= 4 is 5.96 Å². The molecule has 0 aliphatic carbocycles. The van der Waals surface area contributed by atoms with Crippen molar-refractivity contribution in [2.45, 2.75) is 26.3 Å². The summed E-state index contributed by atoms with van der Waals surface area (Å²) in [5.41, 5.74) is 7.34. The summed E-state index contributed by atoms with van der Waals surface area (Å²) in [5.74, 6) is 1.01. The molecule has 0 radical (unpaired) electrons. The summed E-state index contributed by atoms with van der Waals surface area (Å²) < 4.78 is 15.8. The van der Waals surface area contributed by atoms with E-state index in [-0.39, 0.29) is 5.82 Å². The van der Waals surface area contributed by atoms with Gasteiger partial charge in [-0.05, 0) is 36.5 Å². The normalized spacial score (nSPS) is 16.8. The van der Waals surface area contributed by atoms with Gasteiger partial charge >= 0.3 is 0 Å². The largest absolute Gasteiger partial charge is 0.370 e. The number of nitrogens with zero attached hydrogens (tertiary/aromatic N) is 4. The van der Waals surface area contributed by atoms with Gasteiger partial charge in [0.05, 0.1) is 18.6 Å². The van der Waals surface area contributed by atoms with Gasteiger partial charge in [0.25, 0.3) is 0 Å². The van der Waals surface area contributed by atoms with Crippen LogP contribution >= 0.6 is 0 Å². The van der Waals surface area contributed by atoms with E-state index >= 15 is 0 Å². The van der Waals surface area contributed by atoms with Crippen LogP contribution in [-0.4, -0.2) is 33.5 Å². The number of imidazole rings is 1. The van der Waals surface area contributed by atoms with Crippen LogP contribution in [0.1, 0.15) is 25.3 Å². The third kappa shape index (κ3) is 3.70. The Morgan fingerprint density at radius 2 is 2.17 bits per heavy atom. The molecule has 1 aromatic heterocycles. The van der Waals surface area contributed by atoms with Gasteiger partial charge in [0.1, 0.15) is 5.82 Å². The Labute approximate surface area is 135 Å². The highest BCUT2D eigenvalue weighted by atomic mass is 19.1. The molecule has 0 spiro atoms. The fourth-order valence-corrected chi connectivity index (χ4v) is 2.77. The number of halogens is 1. The highest BCUT2D eigenvalue weighted by molar-refractivity contribution is 5.78. The number of hydrogen-bond donors (Lipinski definition) is 1. The van der Waals surface area contributed by atoms with Crippen molar-refractivity contribution in [3.63, 3.8) is 0 Å². The molecule has 5 nitrogen and oxygen atoms in total. The van der Waals surface area contributed by atoms with E-state index < -0.39 is 0 Å². The molecule has 3 rings (SSSR count). The van der Waals surface area contributed by atoms with Gasteiger partial charge in [0, 0.05) is 25.5 Å². The molecule has 2 N–H and O–H groups in total. The van der Waals surface area contributed by atoms with Crippen molar-refractivity contribution in [1.82, 2.24) is 14.5 Å². The molecule has 0 atom stereocenters. The lowest BCUT2D eigenvalue weighted by atomic mass is 10.00. The third-order valence-electron chi connectivity index (χ3n) is 4.33. The molecule has 0 saturated carbocycles. The lowest BCUT2D eigenvalue weighted by Crippen LogP contribution is -2.42. The summed E-state index contributed by atoms with van der Waals surface area (Å²) >= 11 is 0. The van der Waals surface area contributed by atoms with Crippen LogP contribution in [0, 0.1) is 11.7 Å². The second-order valence-electron chi connectivity index (χ2n) is 6.10. The monoisotopic (exact) mass is 315 g/mol. The molecule has 0 unspecified atom stereocenters. The maximum atomic E-state index is 14.2. The number of aliphatic imine (C=N–C) groups is 1. The molecule has 0 bridgehead atoms. The van der Waals surface area contributed by atoms with Crippen LogP contribution in [0.3, 0.4) is 0 Å². The van der Waals surface area contributed by atoms with Gasteiger partial charge in [-0.1, -0.05) is 13.0 Å². The predicted octanol–water partition coefficient (Wildman–Crippen LogP) is 2.56. The van der Waals surface area contributed by atoms with Crippen molar-refractivity contribution in [1.29, 1.82) is 0 Å². The lowest BCUT2D eigenvalue weighted by Gasteiger charge is -2.31. The van der Waals surface area contributed by atoms with Crippen molar-refractivity contribution in [2.24, 2.45) is 16.6 Å². The molecule has 23 heavy (non-hydrogen) atoms. The summed E-state index contributed by atoms with van der Waals surface area (Å²) in [6.45, 7) is 4.54. The summed E-state index contributed by atoms with van der Waals surface area (Å²) in [5, 5.41) is 0. The molecule has 1 aliphatic heterocycles. The molecule has 2 heterocycles. The highest BCUT2D eigenvalue weighted by Crippen LogP contribution is 2.17. The third-order valence-corrected chi connectivity index (χ3v) is 4.33. The van der Waals surface area contributed by atoms with Gasteiger partial charge in [-0.15, -0.1) is 0 Å². The van der Waals surface area contributed by atoms with Gasteiger partial charge in [-0.25, -0.2) is 14.4 Å². The van der Waals surface area contributed by atoms with Crippen molar-refractivity contribution in [3.8, 4) is 5.69 Å². The molecule has 0 amide bonds. The number of guanidine groups is 1. The van der Waals surface area contributed by atoms with E-state index in [1.54, 1.807) is 29.4 Å². The van der Waals surface area contributed by atoms with Gasteiger partial charge in [0.2, 0.25) is 0 Å². The minimum Gasteiger partial charge on any atom is -0.370 e. The molecule has 1 aromatic carbocycles. The quantitative estimate of drug-likeness (QED) is 0.699. The molecule has 2 aromatic rings. The van der Waals surface area contributed by atoms with Crippen LogP contribution < -0.4 is 5.73 Å². The molecule has 1 fully saturated rings. The zero-order valence-electron chi connectivity index (χ0n) is 13.3. The summed E-state index contributed by atoms with van der Waals surface area (Å²) in [7, 11) is 0. The van der Waals surface area contributed by atoms with Crippen LogP contribution in [-0.2, 0) is 6.54 Å². The Hall–Kier alpha value is -2.37. The number of aromatic nitrogens is 2. The maximum absolute atomic E-state index is 14.2. The van der Waals surface area contributed by atoms with Crippen LogP contribution in [0.5, 0.6) is 0 Å². The Morgan fingerprint density at radius 1 is 1.39 bits per heavy atom. The first kappa shape index (κ1) is 15.5. The van der Waals surface area contributed by atoms with Gasteiger partial charge in [-0.3, -0.25) is 0 Å². The Morgan fingerprint density at radius 3 is 2.83 bits per heavy atom. The van der Waals surface area contributed by atoms with Crippen LogP contribution in [0.25, 0.3) is 5.69 Å². The molecular formula is C17H22FN5. The number of likely N-dealkylation sites (tertiary alicyclic amines) is 1. The summed E-state index contributed by atoms with van der Waals surface area (Å²) in [6.07, 6.45) is 7.20. The number of benzene rings is 1. The number of piperidine rings is 1. The predicted molar refractivity (Wildman–Crippen MR) is 88.8 cm³/mol. The first-order valence-electron chi connectivity index (χ1n) is 7.95. The van der Waals surface area contributed by atoms with E-state index in [1.165, 1.54) is 6.07 Å². The fourth-order valence-electron chi connectivity index (χ4n) is 2.77. The average molecular weight is 315 g/mol. The second kappa shape index (κ2) is 6.81. The van der Waals surface area contributed by atoms with E-state index in [4.69, 9.17) is 5.73 Å². The van der Waals surface area contributed by atoms with E-state index in [0.717, 1.165) is 37.4 Å². The molecule has 1 aliphatic rings. The highest BCUT2D eigenvalue weighted by Gasteiger charge is 2.16. The fraction of sp³-hybridized carbons (Fsp3) is 0.412. The van der Waals surface area contributed by atoms with Crippen molar-refractivity contribution in [3.05, 3.63) is 48.3 Å². The Kier molecular flexibility index (Phi) is 4.60. The topological polar surface area (TPSA) is 59.4 Å². The molecule has 1 saturated heterocycles. The van der Waals surface area contributed by atoms with Gasteiger partial charge in [-0.2, -0.15) is 0 Å². The van der Waals surface area contributed by atoms with E-state index in [0.29, 0.717) is 18.2 Å². The van der Waals surface area contributed by atoms with E-state index in [2.05, 4.69) is 21.8 Å². The molecular weight excluding hydrogens is 293 g/mol. The van der Waals surface area contributed by atoms with Crippen LogP contribution in [0.15, 0.2) is 41.9 Å².